The van der Waals surface area contributed by atoms with Crippen molar-refractivity contribution in [3.63, 3.8) is 0 Å². The van der Waals surface area contributed by atoms with Gasteiger partial charge in [-0.2, -0.15) is 0 Å². The van der Waals surface area contributed by atoms with Gasteiger partial charge in [0.25, 0.3) is 0 Å². The highest BCUT2D eigenvalue weighted by molar-refractivity contribution is 7.99. The Morgan fingerprint density at radius 3 is 2.72 bits per heavy atom. The molecule has 2 nitrogen and oxygen atoms in total. The topological polar surface area (TPSA) is 25.8 Å². The van der Waals surface area contributed by atoms with Crippen molar-refractivity contribution in [1.82, 2.24) is 9.97 Å². The molecule has 18 heavy (non-hydrogen) atoms. The third-order valence-corrected chi connectivity index (χ3v) is 5.01. The minimum atomic E-state index is 0.749. The predicted octanol–water partition coefficient (Wildman–Crippen LogP) is 4.80. The van der Waals surface area contributed by atoms with Crippen molar-refractivity contribution in [1.29, 1.82) is 0 Å². The second-order valence-corrected chi connectivity index (χ2v) is 6.21. The molecule has 0 saturated heterocycles. The van der Waals surface area contributed by atoms with E-state index in [9.17, 15) is 0 Å². The molecule has 0 amide bonds. The summed E-state index contributed by atoms with van der Waals surface area (Å²) in [5, 5.41) is 3.87. The highest BCUT2D eigenvalue weighted by Gasteiger charge is 2.09. The molecule has 5 heteroatoms. The maximum absolute atomic E-state index is 5.88. The molecule has 0 radical (unpaired) electrons. The number of aromatic nitrogens is 2. The molecule has 0 N–H and O–H groups in total. The van der Waals surface area contributed by atoms with Gasteiger partial charge in [-0.1, -0.05) is 23.4 Å². The largest absolute Gasteiger partial charge is 0.235 e. The number of rotatable bonds is 2. The van der Waals surface area contributed by atoms with Crippen LogP contribution in [-0.4, -0.2) is 9.97 Å². The van der Waals surface area contributed by atoms with Gasteiger partial charge in [0.15, 0.2) is 0 Å². The average molecular weight is 293 g/mol. The van der Waals surface area contributed by atoms with Gasteiger partial charge >= 0.3 is 0 Å². The summed E-state index contributed by atoms with van der Waals surface area (Å²) >= 11 is 9.21. The maximum Gasteiger partial charge on any atom is 0.122 e. The average Bonchev–Trinajstić information content (AvgIpc) is 2.76. The summed E-state index contributed by atoms with van der Waals surface area (Å²) in [4.78, 5) is 9.82. The Morgan fingerprint density at radius 2 is 1.94 bits per heavy atom. The molecule has 0 unspecified atom stereocenters. The second kappa shape index (κ2) is 4.88. The van der Waals surface area contributed by atoms with E-state index >= 15 is 0 Å². The summed E-state index contributed by atoms with van der Waals surface area (Å²) in [7, 11) is 0. The van der Waals surface area contributed by atoms with Gasteiger partial charge in [0, 0.05) is 9.92 Å². The first-order valence-corrected chi connectivity index (χ1v) is 7.43. The highest BCUT2D eigenvalue weighted by atomic mass is 35.5. The normalized spacial score (nSPS) is 11.0. The number of halogens is 1. The van der Waals surface area contributed by atoms with Crippen LogP contribution in [0, 0.1) is 6.92 Å². The number of benzene rings is 1. The quantitative estimate of drug-likeness (QED) is 0.634. The molecule has 0 aliphatic rings. The van der Waals surface area contributed by atoms with Crippen molar-refractivity contribution in [3.05, 3.63) is 46.6 Å². The molecule has 0 aliphatic heterocycles. The molecule has 90 valence electrons. The Morgan fingerprint density at radius 1 is 1.17 bits per heavy atom. The molecule has 0 spiro atoms. The molecular formula is C13H9ClN2S2. The van der Waals surface area contributed by atoms with Gasteiger partial charge in [0.2, 0.25) is 0 Å². The molecule has 0 saturated carbocycles. The molecule has 0 aliphatic carbocycles. The van der Waals surface area contributed by atoms with Gasteiger partial charge in [-0.25, -0.2) is 9.97 Å². The van der Waals surface area contributed by atoms with Crippen LogP contribution in [0.4, 0.5) is 0 Å². The smallest absolute Gasteiger partial charge is 0.122 e. The van der Waals surface area contributed by atoms with E-state index < -0.39 is 0 Å². The van der Waals surface area contributed by atoms with Crippen LogP contribution in [-0.2, 0) is 0 Å². The molecule has 3 rings (SSSR count). The first kappa shape index (κ1) is 12.0. The zero-order valence-electron chi connectivity index (χ0n) is 9.55. The van der Waals surface area contributed by atoms with Crippen molar-refractivity contribution < 1.29 is 0 Å². The Hall–Kier alpha value is -1.10. The monoisotopic (exact) mass is 292 g/mol. The summed E-state index contributed by atoms with van der Waals surface area (Å²) in [6, 6.07) is 7.78. The fourth-order valence-electron chi connectivity index (χ4n) is 1.63. The first-order valence-electron chi connectivity index (χ1n) is 5.36. The van der Waals surface area contributed by atoms with Crippen LogP contribution >= 0.6 is 34.7 Å². The summed E-state index contributed by atoms with van der Waals surface area (Å²) < 4.78 is 1.15. The predicted molar refractivity (Wildman–Crippen MR) is 77.7 cm³/mol. The zero-order chi connectivity index (χ0) is 12.5. The van der Waals surface area contributed by atoms with Crippen molar-refractivity contribution in [3.8, 4) is 0 Å². The number of nitrogens with zero attached hydrogens (tertiary/aromatic N) is 2. The van der Waals surface area contributed by atoms with E-state index in [2.05, 4.69) is 22.3 Å². The third kappa shape index (κ3) is 2.23. The number of thiophene rings is 1. The lowest BCUT2D eigenvalue weighted by Gasteiger charge is -2.02. The Balaban J connectivity index is 2.02. The Kier molecular flexibility index (Phi) is 3.24. The van der Waals surface area contributed by atoms with E-state index in [1.165, 1.54) is 5.56 Å². The Labute approximate surface area is 118 Å². The van der Waals surface area contributed by atoms with E-state index in [0.717, 1.165) is 25.2 Å². The van der Waals surface area contributed by atoms with Crippen molar-refractivity contribution in [2.24, 2.45) is 0 Å². The lowest BCUT2D eigenvalue weighted by Crippen LogP contribution is -1.84. The van der Waals surface area contributed by atoms with Gasteiger partial charge in [-0.3, -0.25) is 0 Å². The van der Waals surface area contributed by atoms with Crippen LogP contribution in [0.15, 0.2) is 45.9 Å². The van der Waals surface area contributed by atoms with Crippen molar-refractivity contribution >= 4 is 44.9 Å². The molecule has 3 aromatic rings. The number of fused-ring (bicyclic) bond motifs is 1. The molecule has 1 aromatic carbocycles. The molecule has 0 bridgehead atoms. The number of hydrogen-bond acceptors (Lipinski definition) is 4. The highest BCUT2D eigenvalue weighted by Crippen LogP contribution is 2.35. The summed E-state index contributed by atoms with van der Waals surface area (Å²) in [5.74, 6) is 0. The fraction of sp³-hybridized carbons (Fsp3) is 0.0769. The van der Waals surface area contributed by atoms with Gasteiger partial charge in [-0.05, 0) is 42.1 Å². The fourth-order valence-corrected chi connectivity index (χ4v) is 3.70. The van der Waals surface area contributed by atoms with E-state index in [1.807, 2.05) is 24.3 Å². The second-order valence-electron chi connectivity index (χ2n) is 3.83. The van der Waals surface area contributed by atoms with E-state index in [1.54, 1.807) is 29.4 Å². The summed E-state index contributed by atoms with van der Waals surface area (Å²) in [6.07, 6.45) is 1.63. The number of hydrogen-bond donors (Lipinski definition) is 0. The SMILES string of the molecule is Cc1csc2c(Sc3ccc(Cl)cc3)ncnc12. The first-order chi connectivity index (χ1) is 8.74. The number of aryl methyl sites for hydroxylation is 1. The van der Waals surface area contributed by atoms with Crippen LogP contribution in [0.5, 0.6) is 0 Å². The standard InChI is InChI=1S/C13H9ClN2S2/c1-8-6-17-12-11(8)15-7-16-13(12)18-10-4-2-9(14)3-5-10/h2-7H,1H3. The molecule has 2 aromatic heterocycles. The van der Waals surface area contributed by atoms with E-state index in [0.29, 0.717) is 0 Å². The molecule has 0 fully saturated rings. The molecule has 2 heterocycles. The van der Waals surface area contributed by atoms with Gasteiger partial charge in [-0.15, -0.1) is 11.3 Å². The molecule has 0 atom stereocenters. The van der Waals surface area contributed by atoms with Crippen LogP contribution in [0.2, 0.25) is 5.02 Å². The third-order valence-electron chi connectivity index (χ3n) is 2.53. The van der Waals surface area contributed by atoms with Crippen molar-refractivity contribution in [2.75, 3.05) is 0 Å². The maximum atomic E-state index is 5.88. The lowest BCUT2D eigenvalue weighted by atomic mass is 10.3. The van der Waals surface area contributed by atoms with Gasteiger partial charge in [0.1, 0.15) is 11.4 Å². The van der Waals surface area contributed by atoms with E-state index in [4.69, 9.17) is 11.6 Å². The van der Waals surface area contributed by atoms with Gasteiger partial charge < -0.3 is 0 Å². The molecular weight excluding hydrogens is 284 g/mol. The van der Waals surface area contributed by atoms with Crippen LogP contribution in [0.25, 0.3) is 10.2 Å². The minimum Gasteiger partial charge on any atom is -0.235 e. The van der Waals surface area contributed by atoms with Crippen molar-refractivity contribution in [2.45, 2.75) is 16.8 Å². The van der Waals surface area contributed by atoms with Crippen LogP contribution in [0.3, 0.4) is 0 Å². The van der Waals surface area contributed by atoms with Gasteiger partial charge in [0.05, 0.1) is 10.2 Å². The summed E-state index contributed by atoms with van der Waals surface area (Å²) in [5.41, 5.74) is 2.25. The van der Waals surface area contributed by atoms with Crippen LogP contribution < -0.4 is 0 Å². The minimum absolute atomic E-state index is 0.749. The zero-order valence-corrected chi connectivity index (χ0v) is 11.9. The van der Waals surface area contributed by atoms with Crippen LogP contribution in [0.1, 0.15) is 5.56 Å². The summed E-state index contributed by atoms with van der Waals surface area (Å²) in [6.45, 7) is 2.07. The lowest BCUT2D eigenvalue weighted by molar-refractivity contribution is 1.11. The van der Waals surface area contributed by atoms with E-state index in [-0.39, 0.29) is 0 Å². The Bertz CT molecular complexity index is 692.